The fourth-order valence-corrected chi connectivity index (χ4v) is 2.89. The van der Waals surface area contributed by atoms with Gasteiger partial charge in [0.2, 0.25) is 5.82 Å². The quantitative estimate of drug-likeness (QED) is 0.770. The third-order valence-corrected chi connectivity index (χ3v) is 4.14. The molecule has 0 atom stereocenters. The van der Waals surface area contributed by atoms with Gasteiger partial charge in [0, 0.05) is 13.0 Å². The summed E-state index contributed by atoms with van der Waals surface area (Å²) in [5, 5.41) is 15.2. The average molecular weight is 341 g/mol. The molecule has 8 nitrogen and oxygen atoms in total. The molecule has 0 saturated heterocycles. The first-order chi connectivity index (χ1) is 12.1. The molecule has 128 valence electrons. The van der Waals surface area contributed by atoms with Crippen LogP contribution >= 0.6 is 0 Å². The van der Waals surface area contributed by atoms with Gasteiger partial charge in [-0.15, -0.1) is 15.3 Å². The summed E-state index contributed by atoms with van der Waals surface area (Å²) in [5.74, 6) is 1.57. The topological polar surface area (TPSA) is 90.5 Å². The van der Waals surface area contributed by atoms with Crippen molar-refractivity contribution in [1.29, 1.82) is 0 Å². The number of halogens is 1. The predicted molar refractivity (Wildman–Crippen MR) is 85.6 cm³/mol. The molecular formula is C16H16FN7O. The number of aryl methyl sites for hydroxylation is 2. The average Bonchev–Trinajstić information content (AvgIpc) is 3.29. The Balaban J connectivity index is 1.49. The number of rotatable bonds is 4. The van der Waals surface area contributed by atoms with Crippen molar-refractivity contribution >= 4 is 5.91 Å². The van der Waals surface area contributed by atoms with Crippen LogP contribution in [0.15, 0.2) is 24.3 Å². The lowest BCUT2D eigenvalue weighted by atomic mass is 10.3. The van der Waals surface area contributed by atoms with E-state index in [1.165, 1.54) is 16.8 Å². The van der Waals surface area contributed by atoms with Crippen LogP contribution in [0, 0.1) is 12.7 Å². The monoisotopic (exact) mass is 341 g/mol. The second-order valence-electron chi connectivity index (χ2n) is 5.84. The molecule has 1 N–H and O–H groups in total. The van der Waals surface area contributed by atoms with Crippen molar-refractivity contribution in [2.24, 2.45) is 0 Å². The van der Waals surface area contributed by atoms with Crippen molar-refractivity contribution in [3.63, 3.8) is 0 Å². The van der Waals surface area contributed by atoms with E-state index in [2.05, 4.69) is 25.6 Å². The number of hydrogen-bond donors (Lipinski definition) is 1. The van der Waals surface area contributed by atoms with E-state index in [9.17, 15) is 9.18 Å². The fraction of sp³-hybridized carbons (Fsp3) is 0.312. The standard InChI is InChI=1S/C16H16FN7O/c1-10-19-15(22-24(10)12-6-4-11(17)5-7-12)16(25)18-9-14-21-20-13-3-2-8-23(13)14/h4-7H,2-3,8-9H2,1H3,(H,18,25). The zero-order valence-corrected chi connectivity index (χ0v) is 13.6. The third kappa shape index (κ3) is 2.88. The number of nitrogens with one attached hydrogen (secondary N) is 1. The molecule has 25 heavy (non-hydrogen) atoms. The van der Waals surface area contributed by atoms with Gasteiger partial charge in [0.1, 0.15) is 17.5 Å². The van der Waals surface area contributed by atoms with Crippen LogP contribution in [0.4, 0.5) is 4.39 Å². The number of fused-ring (bicyclic) bond motifs is 1. The van der Waals surface area contributed by atoms with E-state index in [1.54, 1.807) is 19.1 Å². The molecule has 1 aromatic carbocycles. The van der Waals surface area contributed by atoms with Crippen LogP contribution in [0.3, 0.4) is 0 Å². The lowest BCUT2D eigenvalue weighted by molar-refractivity contribution is 0.0939. The zero-order valence-electron chi connectivity index (χ0n) is 13.6. The van der Waals surface area contributed by atoms with Gasteiger partial charge in [0.15, 0.2) is 5.82 Å². The molecular weight excluding hydrogens is 325 g/mol. The van der Waals surface area contributed by atoms with Gasteiger partial charge >= 0.3 is 0 Å². The summed E-state index contributed by atoms with van der Waals surface area (Å²) in [5.41, 5.74) is 0.640. The van der Waals surface area contributed by atoms with Crippen molar-refractivity contribution in [2.45, 2.75) is 32.9 Å². The van der Waals surface area contributed by atoms with Crippen LogP contribution in [0.2, 0.25) is 0 Å². The van der Waals surface area contributed by atoms with Crippen LogP contribution in [0.25, 0.3) is 5.69 Å². The van der Waals surface area contributed by atoms with Gasteiger partial charge in [-0.3, -0.25) is 4.79 Å². The maximum Gasteiger partial charge on any atom is 0.291 e. The Morgan fingerprint density at radius 1 is 1.28 bits per heavy atom. The van der Waals surface area contributed by atoms with Gasteiger partial charge in [0.25, 0.3) is 5.91 Å². The molecule has 0 saturated carbocycles. The van der Waals surface area contributed by atoms with Crippen molar-refractivity contribution in [3.8, 4) is 5.69 Å². The molecule has 9 heteroatoms. The van der Waals surface area contributed by atoms with Crippen LogP contribution in [0.1, 0.15) is 34.5 Å². The highest BCUT2D eigenvalue weighted by Crippen LogP contribution is 2.14. The lowest BCUT2D eigenvalue weighted by Crippen LogP contribution is -2.26. The lowest BCUT2D eigenvalue weighted by Gasteiger charge is -2.04. The van der Waals surface area contributed by atoms with Gasteiger partial charge in [-0.2, -0.15) is 0 Å². The first kappa shape index (κ1) is 15.4. The molecule has 0 spiro atoms. The van der Waals surface area contributed by atoms with Crippen LogP contribution in [-0.4, -0.2) is 35.4 Å². The highest BCUT2D eigenvalue weighted by atomic mass is 19.1. The Hall–Kier alpha value is -3.10. The molecule has 0 unspecified atom stereocenters. The Kier molecular flexibility index (Phi) is 3.75. The molecule has 0 aliphatic carbocycles. The number of hydrogen-bond acceptors (Lipinski definition) is 5. The SMILES string of the molecule is Cc1nc(C(=O)NCc2nnc3n2CCC3)nn1-c1ccc(F)cc1. The number of aromatic nitrogens is 6. The normalized spacial score (nSPS) is 13.0. The maximum absolute atomic E-state index is 13.0. The minimum atomic E-state index is -0.390. The van der Waals surface area contributed by atoms with Crippen molar-refractivity contribution < 1.29 is 9.18 Å². The smallest absolute Gasteiger partial charge is 0.291 e. The number of benzene rings is 1. The largest absolute Gasteiger partial charge is 0.342 e. The van der Waals surface area contributed by atoms with E-state index in [0.29, 0.717) is 11.5 Å². The Labute approximate surface area is 142 Å². The Morgan fingerprint density at radius 2 is 2.08 bits per heavy atom. The second kappa shape index (κ2) is 6.08. The number of amides is 1. The first-order valence-electron chi connectivity index (χ1n) is 8.00. The van der Waals surface area contributed by atoms with E-state index in [4.69, 9.17) is 0 Å². The van der Waals surface area contributed by atoms with Gasteiger partial charge < -0.3 is 9.88 Å². The summed E-state index contributed by atoms with van der Waals surface area (Å²) < 4.78 is 16.6. The molecule has 2 aromatic heterocycles. The number of carbonyl (C=O) groups excluding carboxylic acids is 1. The number of nitrogens with zero attached hydrogens (tertiary/aromatic N) is 6. The summed E-state index contributed by atoms with van der Waals surface area (Å²) in [4.78, 5) is 16.5. The van der Waals surface area contributed by atoms with Gasteiger partial charge in [-0.05, 0) is 37.6 Å². The highest BCUT2D eigenvalue weighted by Gasteiger charge is 2.19. The molecule has 3 aromatic rings. The van der Waals surface area contributed by atoms with E-state index in [0.717, 1.165) is 31.0 Å². The maximum atomic E-state index is 13.0. The Morgan fingerprint density at radius 3 is 2.88 bits per heavy atom. The molecule has 3 heterocycles. The molecule has 0 bridgehead atoms. The number of carbonyl (C=O) groups is 1. The predicted octanol–water partition coefficient (Wildman–Crippen LogP) is 1.18. The Bertz CT molecular complexity index is 929. The molecule has 1 amide bonds. The van der Waals surface area contributed by atoms with Gasteiger partial charge in [-0.1, -0.05) is 0 Å². The van der Waals surface area contributed by atoms with Crippen LogP contribution in [0.5, 0.6) is 0 Å². The first-order valence-corrected chi connectivity index (χ1v) is 8.00. The third-order valence-electron chi connectivity index (χ3n) is 4.14. The van der Waals surface area contributed by atoms with Crippen molar-refractivity contribution in [2.75, 3.05) is 0 Å². The van der Waals surface area contributed by atoms with Crippen molar-refractivity contribution in [1.82, 2.24) is 34.8 Å². The fourth-order valence-electron chi connectivity index (χ4n) is 2.89. The molecule has 1 aliphatic rings. The minimum absolute atomic E-state index is 0.0583. The molecule has 0 radical (unpaired) electrons. The second-order valence-corrected chi connectivity index (χ2v) is 5.84. The summed E-state index contributed by atoms with van der Waals surface area (Å²) in [6.07, 6.45) is 1.97. The summed E-state index contributed by atoms with van der Waals surface area (Å²) in [7, 11) is 0. The van der Waals surface area contributed by atoms with Gasteiger partial charge in [-0.25, -0.2) is 14.1 Å². The van der Waals surface area contributed by atoms with Crippen LogP contribution in [-0.2, 0) is 19.5 Å². The van der Waals surface area contributed by atoms with Gasteiger partial charge in [0.05, 0.1) is 12.2 Å². The van der Waals surface area contributed by atoms with E-state index >= 15 is 0 Å². The molecule has 1 aliphatic heterocycles. The summed E-state index contributed by atoms with van der Waals surface area (Å²) in [6, 6.07) is 5.83. The van der Waals surface area contributed by atoms with E-state index in [-0.39, 0.29) is 24.1 Å². The molecule has 4 rings (SSSR count). The summed E-state index contributed by atoms with van der Waals surface area (Å²) in [6.45, 7) is 2.89. The van der Waals surface area contributed by atoms with Crippen LogP contribution < -0.4 is 5.32 Å². The van der Waals surface area contributed by atoms with E-state index < -0.39 is 0 Å². The zero-order chi connectivity index (χ0) is 17.4. The highest BCUT2D eigenvalue weighted by molar-refractivity contribution is 5.90. The van der Waals surface area contributed by atoms with E-state index in [1.807, 2.05) is 4.57 Å². The minimum Gasteiger partial charge on any atom is -0.342 e. The summed E-state index contributed by atoms with van der Waals surface area (Å²) >= 11 is 0. The molecule has 0 fully saturated rings. The van der Waals surface area contributed by atoms with Crippen molar-refractivity contribution in [3.05, 3.63) is 53.4 Å².